The molecule has 1 atom stereocenters. The zero-order valence-electron chi connectivity index (χ0n) is 7.70. The van der Waals surface area contributed by atoms with Crippen molar-refractivity contribution in [2.45, 2.75) is 25.5 Å². The molecule has 3 heteroatoms. The Morgan fingerprint density at radius 2 is 1.85 bits per heavy atom. The molecule has 1 unspecified atom stereocenters. The van der Waals surface area contributed by atoms with Crippen molar-refractivity contribution >= 4 is 0 Å². The van der Waals surface area contributed by atoms with Crippen LogP contribution in [0.15, 0.2) is 24.3 Å². The van der Waals surface area contributed by atoms with Crippen LogP contribution in [0.2, 0.25) is 0 Å². The van der Waals surface area contributed by atoms with Gasteiger partial charge in [0.1, 0.15) is 11.5 Å². The van der Waals surface area contributed by atoms with E-state index in [1.54, 1.807) is 24.3 Å². The average molecular weight is 181 g/mol. The summed E-state index contributed by atoms with van der Waals surface area (Å²) in [6, 6.07) is 6.67. The molecule has 13 heavy (non-hydrogen) atoms. The Hall–Kier alpha value is -1.06. The first-order valence-electron chi connectivity index (χ1n) is 4.33. The summed E-state index contributed by atoms with van der Waals surface area (Å²) in [4.78, 5) is 0. The van der Waals surface area contributed by atoms with Crippen molar-refractivity contribution in [3.8, 4) is 5.75 Å². The molecule has 0 aliphatic carbocycles. The molecule has 0 heterocycles. The molecule has 4 N–H and O–H groups in total. The molecule has 1 aromatic carbocycles. The summed E-state index contributed by atoms with van der Waals surface area (Å²) in [6.07, 6.45) is 0.914. The van der Waals surface area contributed by atoms with Gasteiger partial charge in [-0.3, -0.25) is 0 Å². The molecular weight excluding hydrogens is 166 g/mol. The van der Waals surface area contributed by atoms with E-state index in [-0.39, 0.29) is 5.75 Å². The molecule has 0 saturated heterocycles. The lowest BCUT2D eigenvalue weighted by molar-refractivity contribution is 0.0433. The van der Waals surface area contributed by atoms with Gasteiger partial charge in [-0.05, 0) is 24.1 Å². The third kappa shape index (κ3) is 3.05. The van der Waals surface area contributed by atoms with Crippen molar-refractivity contribution in [3.63, 3.8) is 0 Å². The van der Waals surface area contributed by atoms with Gasteiger partial charge < -0.3 is 15.9 Å². The number of hydrogen-bond acceptors (Lipinski definition) is 3. The second-order valence-electron chi connectivity index (χ2n) is 3.30. The van der Waals surface area contributed by atoms with Crippen LogP contribution in [0.4, 0.5) is 0 Å². The Bertz CT molecular complexity index is 267. The van der Waals surface area contributed by atoms with Gasteiger partial charge in [-0.2, -0.15) is 0 Å². The molecule has 1 rings (SSSR count). The maximum atomic E-state index is 9.56. The van der Waals surface area contributed by atoms with Crippen LogP contribution in [0.5, 0.6) is 5.75 Å². The fourth-order valence-electron chi connectivity index (χ4n) is 1.09. The van der Waals surface area contributed by atoms with E-state index in [1.165, 1.54) is 0 Å². The minimum atomic E-state index is -1.14. The lowest BCUT2D eigenvalue weighted by Crippen LogP contribution is -2.40. The number of aliphatic hydroxyl groups is 1. The number of benzene rings is 1. The highest BCUT2D eigenvalue weighted by molar-refractivity contribution is 5.26. The lowest BCUT2D eigenvalue weighted by atomic mass is 10.0. The maximum absolute atomic E-state index is 9.56. The highest BCUT2D eigenvalue weighted by Crippen LogP contribution is 2.15. The second-order valence-corrected chi connectivity index (χ2v) is 3.30. The van der Waals surface area contributed by atoms with E-state index >= 15 is 0 Å². The predicted molar refractivity (Wildman–Crippen MR) is 51.2 cm³/mol. The lowest BCUT2D eigenvalue weighted by Gasteiger charge is -2.20. The van der Waals surface area contributed by atoms with Crippen LogP contribution in [0.3, 0.4) is 0 Å². The first-order valence-corrected chi connectivity index (χ1v) is 4.33. The van der Waals surface area contributed by atoms with Gasteiger partial charge in [0.25, 0.3) is 0 Å². The Labute approximate surface area is 77.8 Å². The highest BCUT2D eigenvalue weighted by atomic mass is 16.3. The third-order valence-electron chi connectivity index (χ3n) is 2.06. The molecule has 0 aliphatic rings. The normalized spacial score (nSPS) is 15.3. The number of phenolic OH excluding ortho intramolecular Hbond substituents is 1. The van der Waals surface area contributed by atoms with Crippen molar-refractivity contribution < 1.29 is 10.2 Å². The molecule has 0 aromatic heterocycles. The zero-order valence-corrected chi connectivity index (χ0v) is 7.70. The number of rotatable bonds is 3. The van der Waals surface area contributed by atoms with Gasteiger partial charge in [0.2, 0.25) is 0 Å². The predicted octanol–water partition coefficient (Wildman–Crippen LogP) is 0.992. The van der Waals surface area contributed by atoms with E-state index in [0.717, 1.165) is 5.56 Å². The topological polar surface area (TPSA) is 66.5 Å². The van der Waals surface area contributed by atoms with E-state index in [0.29, 0.717) is 12.8 Å². The molecule has 0 radical (unpaired) electrons. The van der Waals surface area contributed by atoms with Gasteiger partial charge in [0, 0.05) is 6.42 Å². The Morgan fingerprint density at radius 3 is 2.31 bits per heavy atom. The van der Waals surface area contributed by atoms with Crippen molar-refractivity contribution in [3.05, 3.63) is 29.8 Å². The minimum absolute atomic E-state index is 0.223. The number of aromatic hydroxyl groups is 1. The van der Waals surface area contributed by atoms with Crippen LogP contribution >= 0.6 is 0 Å². The van der Waals surface area contributed by atoms with E-state index in [2.05, 4.69) is 0 Å². The molecule has 3 nitrogen and oxygen atoms in total. The molecule has 0 spiro atoms. The number of phenols is 1. The van der Waals surface area contributed by atoms with Crippen molar-refractivity contribution in [1.29, 1.82) is 0 Å². The van der Waals surface area contributed by atoms with Gasteiger partial charge in [0.05, 0.1) is 0 Å². The fourth-order valence-corrected chi connectivity index (χ4v) is 1.09. The van der Waals surface area contributed by atoms with Crippen molar-refractivity contribution in [1.82, 2.24) is 0 Å². The third-order valence-corrected chi connectivity index (χ3v) is 2.06. The summed E-state index contributed by atoms with van der Waals surface area (Å²) in [7, 11) is 0. The van der Waals surface area contributed by atoms with Gasteiger partial charge in [-0.1, -0.05) is 19.1 Å². The first-order chi connectivity index (χ1) is 6.03. The SMILES string of the molecule is CCC(N)(O)Cc1ccc(O)cc1. The van der Waals surface area contributed by atoms with Gasteiger partial charge in [-0.25, -0.2) is 0 Å². The minimum Gasteiger partial charge on any atom is -0.508 e. The maximum Gasteiger partial charge on any atom is 0.117 e. The molecule has 0 bridgehead atoms. The van der Waals surface area contributed by atoms with Gasteiger partial charge >= 0.3 is 0 Å². The first kappa shape index (κ1) is 10.0. The number of nitrogens with two attached hydrogens (primary N) is 1. The Morgan fingerprint density at radius 1 is 1.31 bits per heavy atom. The molecule has 0 amide bonds. The van der Waals surface area contributed by atoms with Crippen LogP contribution in [0, 0.1) is 0 Å². The molecule has 72 valence electrons. The van der Waals surface area contributed by atoms with E-state index in [1.807, 2.05) is 6.92 Å². The van der Waals surface area contributed by atoms with Crippen LogP contribution in [0.25, 0.3) is 0 Å². The van der Waals surface area contributed by atoms with Crippen LogP contribution in [-0.2, 0) is 6.42 Å². The quantitative estimate of drug-likeness (QED) is 0.609. The second kappa shape index (κ2) is 3.77. The molecular formula is C10H15NO2. The van der Waals surface area contributed by atoms with E-state index in [9.17, 15) is 5.11 Å². The van der Waals surface area contributed by atoms with E-state index < -0.39 is 5.72 Å². The average Bonchev–Trinajstić information content (AvgIpc) is 2.09. The van der Waals surface area contributed by atoms with Crippen LogP contribution in [0.1, 0.15) is 18.9 Å². The van der Waals surface area contributed by atoms with Crippen molar-refractivity contribution in [2.75, 3.05) is 0 Å². The van der Waals surface area contributed by atoms with Crippen molar-refractivity contribution in [2.24, 2.45) is 5.73 Å². The summed E-state index contributed by atoms with van der Waals surface area (Å²) < 4.78 is 0. The Kier molecular flexibility index (Phi) is 2.90. The van der Waals surface area contributed by atoms with Gasteiger partial charge in [-0.15, -0.1) is 0 Å². The summed E-state index contributed by atoms with van der Waals surface area (Å²) in [6.45, 7) is 1.83. The van der Waals surface area contributed by atoms with Crippen LogP contribution < -0.4 is 5.73 Å². The van der Waals surface area contributed by atoms with Gasteiger partial charge in [0.15, 0.2) is 0 Å². The smallest absolute Gasteiger partial charge is 0.117 e. The standard InChI is InChI=1S/C10H15NO2/c1-2-10(11,13)7-8-3-5-9(12)6-4-8/h3-6,12-13H,2,7,11H2,1H3. The summed E-state index contributed by atoms with van der Waals surface area (Å²) >= 11 is 0. The largest absolute Gasteiger partial charge is 0.508 e. The summed E-state index contributed by atoms with van der Waals surface area (Å²) in [5.41, 5.74) is 5.36. The molecule has 0 aliphatic heterocycles. The fraction of sp³-hybridized carbons (Fsp3) is 0.400. The zero-order chi connectivity index (χ0) is 9.90. The molecule has 0 saturated carbocycles. The summed E-state index contributed by atoms with van der Waals surface area (Å²) in [5.74, 6) is 0.223. The summed E-state index contributed by atoms with van der Waals surface area (Å²) in [5, 5.41) is 18.6. The Balaban J connectivity index is 2.69. The van der Waals surface area contributed by atoms with E-state index in [4.69, 9.17) is 10.8 Å². The van der Waals surface area contributed by atoms with Crippen LogP contribution in [-0.4, -0.2) is 15.9 Å². The molecule has 0 fully saturated rings. The number of hydrogen-bond donors (Lipinski definition) is 3. The highest BCUT2D eigenvalue weighted by Gasteiger charge is 2.18. The monoisotopic (exact) mass is 181 g/mol. The molecule has 1 aromatic rings.